The van der Waals surface area contributed by atoms with Crippen LogP contribution in [0, 0.1) is 10.1 Å². The molecule has 80 valence electrons. The maximum Gasteiger partial charge on any atom is 0.271 e. The van der Waals surface area contributed by atoms with E-state index in [4.69, 9.17) is 0 Å². The van der Waals surface area contributed by atoms with Gasteiger partial charge in [-0.25, -0.2) is 0 Å². The zero-order valence-corrected chi connectivity index (χ0v) is 8.24. The molecule has 0 saturated carbocycles. The lowest BCUT2D eigenvalue weighted by Crippen LogP contribution is -2.15. The van der Waals surface area contributed by atoms with Gasteiger partial charge in [-0.3, -0.25) is 19.5 Å². The van der Waals surface area contributed by atoms with E-state index in [1.54, 1.807) is 30.5 Å². The fourth-order valence-corrected chi connectivity index (χ4v) is 1.40. The highest BCUT2D eigenvalue weighted by Gasteiger charge is 2.06. The van der Waals surface area contributed by atoms with Crippen molar-refractivity contribution in [1.82, 2.24) is 4.57 Å². The summed E-state index contributed by atoms with van der Waals surface area (Å²) in [5, 5.41) is 10.6. The molecule has 5 heteroatoms. The number of nitro groups is 1. The van der Waals surface area contributed by atoms with Gasteiger partial charge in [0.25, 0.3) is 11.2 Å². The average molecular weight is 216 g/mol. The summed E-state index contributed by atoms with van der Waals surface area (Å²) in [6.45, 7) is 0. The minimum absolute atomic E-state index is 0.0340. The monoisotopic (exact) mass is 216 g/mol. The largest absolute Gasteiger partial charge is 0.284 e. The predicted octanol–water partition coefficient (Wildman–Crippen LogP) is 1.75. The topological polar surface area (TPSA) is 65.1 Å². The molecule has 1 aromatic carbocycles. The first-order chi connectivity index (χ1) is 7.68. The third kappa shape index (κ3) is 1.83. The van der Waals surface area contributed by atoms with Gasteiger partial charge < -0.3 is 0 Å². The molecule has 0 spiro atoms. The average Bonchev–Trinajstić information content (AvgIpc) is 2.30. The molecule has 1 heterocycles. The molecule has 0 aliphatic heterocycles. The van der Waals surface area contributed by atoms with E-state index >= 15 is 0 Å². The zero-order chi connectivity index (χ0) is 11.5. The fraction of sp³-hybridized carbons (Fsp3) is 0. The summed E-state index contributed by atoms with van der Waals surface area (Å²) in [6, 6.07) is 10.7. The Balaban J connectivity index is 2.57. The smallest absolute Gasteiger partial charge is 0.271 e. The third-order valence-corrected chi connectivity index (χ3v) is 2.14. The molecule has 0 aliphatic carbocycles. The van der Waals surface area contributed by atoms with Crippen LogP contribution in [0.5, 0.6) is 0 Å². The molecule has 0 unspecified atom stereocenters. The Labute approximate surface area is 90.7 Å². The fourth-order valence-electron chi connectivity index (χ4n) is 1.40. The van der Waals surface area contributed by atoms with E-state index in [2.05, 4.69) is 0 Å². The maximum absolute atomic E-state index is 11.5. The summed E-state index contributed by atoms with van der Waals surface area (Å²) in [4.78, 5) is 21.6. The number of pyridine rings is 1. The molecule has 5 nitrogen and oxygen atoms in total. The van der Waals surface area contributed by atoms with Gasteiger partial charge in [0.05, 0.1) is 10.6 Å². The molecule has 2 aromatic rings. The molecule has 0 amide bonds. The van der Waals surface area contributed by atoms with E-state index in [9.17, 15) is 14.9 Å². The molecule has 0 radical (unpaired) electrons. The molecular formula is C11H8N2O3. The third-order valence-electron chi connectivity index (χ3n) is 2.14. The highest BCUT2D eigenvalue weighted by Crippen LogP contribution is 2.14. The van der Waals surface area contributed by atoms with Crippen LogP contribution in [0.25, 0.3) is 5.69 Å². The summed E-state index contributed by atoms with van der Waals surface area (Å²) in [5.41, 5.74) is 0.232. The van der Waals surface area contributed by atoms with Gasteiger partial charge in [0.1, 0.15) is 0 Å². The lowest BCUT2D eigenvalue weighted by molar-refractivity contribution is -0.384. The number of aromatic nitrogens is 1. The number of non-ortho nitro benzene ring substituents is 1. The second-order valence-corrected chi connectivity index (χ2v) is 3.19. The van der Waals surface area contributed by atoms with Crippen molar-refractivity contribution < 1.29 is 4.92 Å². The van der Waals surface area contributed by atoms with Gasteiger partial charge in [-0.1, -0.05) is 12.1 Å². The summed E-state index contributed by atoms with van der Waals surface area (Å²) in [5.74, 6) is 0. The highest BCUT2D eigenvalue weighted by atomic mass is 16.6. The van der Waals surface area contributed by atoms with Crippen molar-refractivity contribution in [3.8, 4) is 5.69 Å². The molecule has 1 aromatic heterocycles. The Bertz CT molecular complexity index is 590. The van der Waals surface area contributed by atoms with Gasteiger partial charge >= 0.3 is 0 Å². The number of nitrogens with zero attached hydrogens (tertiary/aromatic N) is 2. The zero-order valence-electron chi connectivity index (χ0n) is 8.24. The van der Waals surface area contributed by atoms with Gasteiger partial charge in [0, 0.05) is 24.4 Å². The minimum Gasteiger partial charge on any atom is -0.284 e. The van der Waals surface area contributed by atoms with Crippen LogP contribution in [0.2, 0.25) is 0 Å². The SMILES string of the molecule is O=c1ccccn1-c1cccc([N+](=O)[O-])c1. The summed E-state index contributed by atoms with van der Waals surface area (Å²) in [7, 11) is 0. The second kappa shape index (κ2) is 3.98. The molecule has 2 rings (SSSR count). The standard InChI is InChI=1S/C11H8N2O3/c14-11-6-1-2-7-12(11)9-4-3-5-10(8-9)13(15)16/h1-8H. The minimum atomic E-state index is -0.489. The van der Waals surface area contributed by atoms with Crippen LogP contribution in [0.1, 0.15) is 0 Å². The van der Waals surface area contributed by atoms with Crippen LogP contribution in [0.3, 0.4) is 0 Å². The Kier molecular flexibility index (Phi) is 2.51. The Morgan fingerprint density at radius 3 is 2.62 bits per heavy atom. The van der Waals surface area contributed by atoms with Gasteiger partial charge in [0.2, 0.25) is 0 Å². The normalized spacial score (nSPS) is 10.0. The van der Waals surface area contributed by atoms with Crippen LogP contribution >= 0.6 is 0 Å². The van der Waals surface area contributed by atoms with Crippen molar-refractivity contribution in [3.05, 3.63) is 69.1 Å². The number of benzene rings is 1. The van der Waals surface area contributed by atoms with Crippen LogP contribution in [0.15, 0.2) is 53.5 Å². The van der Waals surface area contributed by atoms with Crippen molar-refractivity contribution in [2.24, 2.45) is 0 Å². The van der Waals surface area contributed by atoms with Crippen LogP contribution in [-0.2, 0) is 0 Å². The number of hydrogen-bond acceptors (Lipinski definition) is 3. The maximum atomic E-state index is 11.5. The lowest BCUT2D eigenvalue weighted by Gasteiger charge is -2.03. The van der Waals surface area contributed by atoms with E-state index in [1.165, 1.54) is 22.8 Å². The van der Waals surface area contributed by atoms with Crippen molar-refractivity contribution in [2.75, 3.05) is 0 Å². The molecule has 0 atom stereocenters. The quantitative estimate of drug-likeness (QED) is 0.567. The van der Waals surface area contributed by atoms with Crippen molar-refractivity contribution in [1.29, 1.82) is 0 Å². The molecule has 0 fully saturated rings. The Hall–Kier alpha value is -2.43. The summed E-state index contributed by atoms with van der Waals surface area (Å²) < 4.78 is 1.35. The first kappa shape index (κ1) is 10.1. The Morgan fingerprint density at radius 2 is 1.94 bits per heavy atom. The summed E-state index contributed by atoms with van der Waals surface area (Å²) >= 11 is 0. The highest BCUT2D eigenvalue weighted by molar-refractivity contribution is 5.43. The molecule has 0 aliphatic rings. The lowest BCUT2D eigenvalue weighted by atomic mass is 10.2. The van der Waals surface area contributed by atoms with Gasteiger partial charge in [0.15, 0.2) is 0 Å². The molecule has 0 bridgehead atoms. The first-order valence-corrected chi connectivity index (χ1v) is 4.61. The number of nitro benzene ring substituents is 1. The molecule has 0 N–H and O–H groups in total. The first-order valence-electron chi connectivity index (χ1n) is 4.61. The van der Waals surface area contributed by atoms with Crippen LogP contribution < -0.4 is 5.56 Å². The second-order valence-electron chi connectivity index (χ2n) is 3.19. The van der Waals surface area contributed by atoms with Crippen molar-refractivity contribution >= 4 is 5.69 Å². The van der Waals surface area contributed by atoms with Crippen molar-refractivity contribution in [2.45, 2.75) is 0 Å². The molecule has 0 saturated heterocycles. The van der Waals surface area contributed by atoms with E-state index in [-0.39, 0.29) is 11.2 Å². The predicted molar refractivity (Wildman–Crippen MR) is 58.7 cm³/mol. The van der Waals surface area contributed by atoms with E-state index in [0.29, 0.717) is 5.69 Å². The number of rotatable bonds is 2. The van der Waals surface area contributed by atoms with Crippen LogP contribution in [0.4, 0.5) is 5.69 Å². The Morgan fingerprint density at radius 1 is 1.12 bits per heavy atom. The van der Waals surface area contributed by atoms with Gasteiger partial charge in [-0.15, -0.1) is 0 Å². The van der Waals surface area contributed by atoms with E-state index in [1.807, 2.05) is 0 Å². The van der Waals surface area contributed by atoms with Gasteiger partial charge in [-0.05, 0) is 12.1 Å². The summed E-state index contributed by atoms with van der Waals surface area (Å²) in [6.07, 6.45) is 1.57. The molecule has 16 heavy (non-hydrogen) atoms. The number of hydrogen-bond donors (Lipinski definition) is 0. The van der Waals surface area contributed by atoms with Crippen molar-refractivity contribution in [3.63, 3.8) is 0 Å². The van der Waals surface area contributed by atoms with E-state index in [0.717, 1.165) is 0 Å². The van der Waals surface area contributed by atoms with Crippen LogP contribution in [-0.4, -0.2) is 9.49 Å². The van der Waals surface area contributed by atoms with E-state index < -0.39 is 4.92 Å². The molecular weight excluding hydrogens is 208 g/mol. The van der Waals surface area contributed by atoms with Gasteiger partial charge in [-0.2, -0.15) is 0 Å².